The van der Waals surface area contributed by atoms with Gasteiger partial charge in [-0.3, -0.25) is 0 Å². The molecule has 2 heteroatoms. The smallest absolute Gasteiger partial charge is 0.216 e. The average molecular weight is 373 g/mol. The summed E-state index contributed by atoms with van der Waals surface area (Å²) in [7, 11) is 2.15. The van der Waals surface area contributed by atoms with Gasteiger partial charge in [-0.05, 0) is 49.3 Å². The lowest BCUT2D eigenvalue weighted by atomic mass is 9.86. The minimum absolute atomic E-state index is 0.269. The van der Waals surface area contributed by atoms with Crippen molar-refractivity contribution in [1.82, 2.24) is 0 Å². The van der Waals surface area contributed by atoms with Gasteiger partial charge in [-0.25, -0.2) is 4.57 Å². The van der Waals surface area contributed by atoms with Gasteiger partial charge in [-0.1, -0.05) is 51.1 Å². The van der Waals surface area contributed by atoms with Crippen LogP contribution in [0.4, 0.5) is 0 Å². The van der Waals surface area contributed by atoms with Crippen molar-refractivity contribution in [3.05, 3.63) is 64.8 Å². The minimum atomic E-state index is 0.269. The van der Waals surface area contributed by atoms with Crippen molar-refractivity contribution in [2.24, 2.45) is 12.5 Å². The summed E-state index contributed by atoms with van der Waals surface area (Å²) >= 11 is 0. The van der Waals surface area contributed by atoms with Crippen LogP contribution in [0.15, 0.2) is 47.0 Å². The average Bonchev–Trinajstić information content (AvgIpc) is 2.97. The summed E-state index contributed by atoms with van der Waals surface area (Å²) in [5.74, 6) is 0. The van der Waals surface area contributed by atoms with Crippen LogP contribution in [0, 0.1) is 26.2 Å². The third-order valence-electron chi connectivity index (χ3n) is 5.64. The molecule has 2 aromatic heterocycles. The molecule has 28 heavy (non-hydrogen) atoms. The second-order valence-corrected chi connectivity index (χ2v) is 9.40. The maximum absolute atomic E-state index is 6.44. The molecule has 0 spiro atoms. The van der Waals surface area contributed by atoms with Crippen LogP contribution in [-0.2, 0) is 13.5 Å². The predicted molar refractivity (Wildman–Crippen MR) is 118 cm³/mol. The molecule has 0 aliphatic rings. The van der Waals surface area contributed by atoms with E-state index in [0.717, 1.165) is 17.6 Å². The molecule has 0 fully saturated rings. The fourth-order valence-corrected chi connectivity index (χ4v) is 4.23. The third-order valence-corrected chi connectivity index (χ3v) is 5.64. The zero-order valence-electron chi connectivity index (χ0n) is 18.1. The Morgan fingerprint density at radius 1 is 0.857 bits per heavy atom. The number of hydrogen-bond donors (Lipinski definition) is 0. The highest BCUT2D eigenvalue weighted by Gasteiger charge is 2.23. The summed E-state index contributed by atoms with van der Waals surface area (Å²) in [6, 6.07) is 13.1. The Bertz CT molecular complexity index is 1210. The zero-order valence-corrected chi connectivity index (χ0v) is 18.1. The first-order chi connectivity index (χ1) is 13.2. The Balaban J connectivity index is 1.99. The molecule has 0 atom stereocenters. The molecule has 0 aliphatic carbocycles. The van der Waals surface area contributed by atoms with Crippen molar-refractivity contribution in [3.8, 4) is 11.3 Å². The maximum Gasteiger partial charge on any atom is 0.216 e. The standard InChI is InChI=1S/C26H30NO/c1-16-11-12-21-20-10-8-9-17(2)24(20)28-25(21)23(16)22-13-18(3)19(15-27(22)7)14-26(4,5)6/h8-13,15H,14H2,1-7H3/q+1. The summed E-state index contributed by atoms with van der Waals surface area (Å²) < 4.78 is 8.70. The molecule has 4 aromatic rings. The van der Waals surface area contributed by atoms with Crippen LogP contribution < -0.4 is 4.57 Å². The summed E-state index contributed by atoms with van der Waals surface area (Å²) in [6.07, 6.45) is 3.36. The number of hydrogen-bond acceptors (Lipinski definition) is 1. The molecule has 0 radical (unpaired) electrons. The van der Waals surface area contributed by atoms with E-state index in [9.17, 15) is 0 Å². The molecule has 4 rings (SSSR count). The largest absolute Gasteiger partial charge is 0.455 e. The molecule has 0 amide bonds. The molecule has 0 unspecified atom stereocenters. The van der Waals surface area contributed by atoms with Gasteiger partial charge in [0.2, 0.25) is 5.69 Å². The summed E-state index contributed by atoms with van der Waals surface area (Å²) in [5, 5.41) is 2.38. The van der Waals surface area contributed by atoms with Gasteiger partial charge in [-0.15, -0.1) is 0 Å². The molecular formula is C26H30NO+. The molecule has 2 heterocycles. The fraction of sp³-hybridized carbons (Fsp3) is 0.346. The Labute approximate surface area is 167 Å². The normalized spacial score (nSPS) is 12.2. The number of nitrogens with zero attached hydrogens (tertiary/aromatic N) is 1. The zero-order chi connectivity index (χ0) is 20.2. The molecule has 2 nitrogen and oxygen atoms in total. The van der Waals surface area contributed by atoms with E-state index in [2.05, 4.69) is 95.8 Å². The molecule has 2 aromatic carbocycles. The van der Waals surface area contributed by atoms with Gasteiger partial charge in [0.05, 0.1) is 5.56 Å². The van der Waals surface area contributed by atoms with Gasteiger partial charge < -0.3 is 4.42 Å². The first-order valence-electron chi connectivity index (χ1n) is 10.1. The van der Waals surface area contributed by atoms with E-state index in [4.69, 9.17) is 4.42 Å². The number of furan rings is 1. The van der Waals surface area contributed by atoms with Crippen LogP contribution in [0.2, 0.25) is 0 Å². The lowest BCUT2D eigenvalue weighted by Gasteiger charge is -2.19. The van der Waals surface area contributed by atoms with Crippen LogP contribution in [0.5, 0.6) is 0 Å². The highest BCUT2D eigenvalue weighted by Crippen LogP contribution is 2.38. The summed E-state index contributed by atoms with van der Waals surface area (Å²) in [6.45, 7) is 13.4. The summed E-state index contributed by atoms with van der Waals surface area (Å²) in [4.78, 5) is 0. The fourth-order valence-electron chi connectivity index (χ4n) is 4.23. The SMILES string of the molecule is Cc1cc(-c2c(C)ccc3c2oc2c(C)cccc23)[n+](C)cc1CC(C)(C)C. The Hall–Kier alpha value is -2.61. The molecule has 144 valence electrons. The van der Waals surface area contributed by atoms with Crippen LogP contribution in [-0.4, -0.2) is 0 Å². The van der Waals surface area contributed by atoms with Crippen LogP contribution >= 0.6 is 0 Å². The molecule has 0 aliphatic heterocycles. The van der Waals surface area contributed by atoms with Gasteiger partial charge in [0.1, 0.15) is 18.2 Å². The quantitative estimate of drug-likeness (QED) is 0.363. The number of fused-ring (bicyclic) bond motifs is 3. The molecular weight excluding hydrogens is 342 g/mol. The van der Waals surface area contributed by atoms with Crippen LogP contribution in [0.1, 0.15) is 43.0 Å². The summed E-state index contributed by atoms with van der Waals surface area (Å²) in [5.41, 5.74) is 9.81. The third kappa shape index (κ3) is 3.11. The Morgan fingerprint density at radius 2 is 1.57 bits per heavy atom. The lowest BCUT2D eigenvalue weighted by molar-refractivity contribution is -0.660. The number of aryl methyl sites for hydroxylation is 4. The topological polar surface area (TPSA) is 17.0 Å². The van der Waals surface area contributed by atoms with Crippen LogP contribution in [0.3, 0.4) is 0 Å². The minimum Gasteiger partial charge on any atom is -0.455 e. The van der Waals surface area contributed by atoms with E-state index in [1.165, 1.54) is 44.3 Å². The van der Waals surface area contributed by atoms with Gasteiger partial charge in [0, 0.05) is 22.4 Å². The van der Waals surface area contributed by atoms with Crippen molar-refractivity contribution in [3.63, 3.8) is 0 Å². The first kappa shape index (κ1) is 18.7. The number of aromatic nitrogens is 1. The van der Waals surface area contributed by atoms with E-state index < -0.39 is 0 Å². The number of pyridine rings is 1. The monoisotopic (exact) mass is 372 g/mol. The molecule has 0 saturated carbocycles. The van der Waals surface area contributed by atoms with Crippen LogP contribution in [0.25, 0.3) is 33.2 Å². The van der Waals surface area contributed by atoms with Crippen molar-refractivity contribution in [2.75, 3.05) is 0 Å². The van der Waals surface area contributed by atoms with Crippen molar-refractivity contribution >= 4 is 21.9 Å². The lowest BCUT2D eigenvalue weighted by Crippen LogP contribution is -2.32. The highest BCUT2D eigenvalue weighted by atomic mass is 16.3. The van der Waals surface area contributed by atoms with Crippen molar-refractivity contribution in [1.29, 1.82) is 0 Å². The van der Waals surface area contributed by atoms with E-state index in [1.807, 2.05) is 0 Å². The van der Waals surface area contributed by atoms with Gasteiger partial charge in [-0.2, -0.15) is 0 Å². The number of rotatable bonds is 2. The molecule has 0 saturated heterocycles. The van der Waals surface area contributed by atoms with Crippen molar-refractivity contribution < 1.29 is 8.98 Å². The van der Waals surface area contributed by atoms with E-state index in [0.29, 0.717) is 0 Å². The van der Waals surface area contributed by atoms with E-state index in [1.54, 1.807) is 0 Å². The molecule has 0 N–H and O–H groups in total. The van der Waals surface area contributed by atoms with E-state index in [-0.39, 0.29) is 5.41 Å². The Morgan fingerprint density at radius 3 is 2.29 bits per heavy atom. The predicted octanol–water partition coefficient (Wildman–Crippen LogP) is 6.59. The number of benzene rings is 2. The van der Waals surface area contributed by atoms with E-state index >= 15 is 0 Å². The maximum atomic E-state index is 6.44. The van der Waals surface area contributed by atoms with Crippen molar-refractivity contribution in [2.45, 2.75) is 48.0 Å². The van der Waals surface area contributed by atoms with Gasteiger partial charge in [0.25, 0.3) is 0 Å². The number of para-hydroxylation sites is 1. The first-order valence-corrected chi connectivity index (χ1v) is 10.1. The highest BCUT2D eigenvalue weighted by molar-refractivity contribution is 6.10. The second kappa shape index (κ2) is 6.48. The Kier molecular flexibility index (Phi) is 4.33. The van der Waals surface area contributed by atoms with Gasteiger partial charge >= 0.3 is 0 Å². The second-order valence-electron chi connectivity index (χ2n) is 9.40. The van der Waals surface area contributed by atoms with Gasteiger partial charge in [0.15, 0.2) is 6.20 Å². The molecule has 0 bridgehead atoms.